The molecule has 0 aliphatic rings. The van der Waals surface area contributed by atoms with Crippen LogP contribution in [0.4, 0.5) is 0 Å². The van der Waals surface area contributed by atoms with Gasteiger partial charge in [-0.05, 0) is 29.8 Å². The third kappa shape index (κ3) is 3.52. The van der Waals surface area contributed by atoms with Gasteiger partial charge in [0.05, 0.1) is 0 Å². The molecular formula is C13H12BrNO5S. The van der Waals surface area contributed by atoms with Gasteiger partial charge in [-0.25, -0.2) is 13.2 Å². The molecule has 2 aromatic rings. The highest BCUT2D eigenvalue weighted by atomic mass is 79.9. The lowest BCUT2D eigenvalue weighted by Crippen LogP contribution is -2.26. The van der Waals surface area contributed by atoms with Crippen LogP contribution in [0.1, 0.15) is 16.1 Å². The van der Waals surface area contributed by atoms with Crippen LogP contribution < -0.4 is 0 Å². The van der Waals surface area contributed by atoms with Crippen molar-refractivity contribution in [3.05, 3.63) is 52.2 Å². The van der Waals surface area contributed by atoms with E-state index in [9.17, 15) is 13.2 Å². The number of carboxylic acids is 1. The molecule has 1 aromatic carbocycles. The van der Waals surface area contributed by atoms with Gasteiger partial charge in [0.15, 0.2) is 0 Å². The van der Waals surface area contributed by atoms with Crippen LogP contribution >= 0.6 is 15.9 Å². The second kappa shape index (κ2) is 6.00. The van der Waals surface area contributed by atoms with Gasteiger partial charge >= 0.3 is 5.97 Å². The summed E-state index contributed by atoms with van der Waals surface area (Å²) in [5.74, 6) is -1.72. The molecule has 0 amide bonds. The predicted molar refractivity (Wildman–Crippen MR) is 78.5 cm³/mol. The van der Waals surface area contributed by atoms with Crippen LogP contribution in [-0.2, 0) is 16.6 Å². The van der Waals surface area contributed by atoms with Gasteiger partial charge in [0.1, 0.15) is 0 Å². The molecule has 0 aliphatic heterocycles. The smallest absolute Gasteiger partial charge is 0.371 e. The number of aromatic carboxylic acids is 1. The number of carbonyl (C=O) groups is 1. The van der Waals surface area contributed by atoms with E-state index < -0.39 is 21.8 Å². The molecular weight excluding hydrogens is 362 g/mol. The Morgan fingerprint density at radius 1 is 1.24 bits per heavy atom. The molecule has 8 heteroatoms. The first kappa shape index (κ1) is 15.7. The van der Waals surface area contributed by atoms with Gasteiger partial charge in [-0.15, -0.1) is 0 Å². The molecule has 0 atom stereocenters. The van der Waals surface area contributed by atoms with E-state index in [2.05, 4.69) is 15.9 Å². The van der Waals surface area contributed by atoms with Crippen LogP contribution in [0.5, 0.6) is 0 Å². The highest BCUT2D eigenvalue weighted by molar-refractivity contribution is 9.10. The van der Waals surface area contributed by atoms with Crippen LogP contribution in [0.3, 0.4) is 0 Å². The quantitative estimate of drug-likeness (QED) is 0.869. The van der Waals surface area contributed by atoms with Crippen molar-refractivity contribution in [3.63, 3.8) is 0 Å². The second-order valence-electron chi connectivity index (χ2n) is 4.31. The summed E-state index contributed by atoms with van der Waals surface area (Å²) in [6, 6.07) is 9.46. The van der Waals surface area contributed by atoms with Crippen molar-refractivity contribution >= 4 is 31.9 Å². The zero-order valence-corrected chi connectivity index (χ0v) is 13.4. The molecule has 0 fully saturated rings. The van der Waals surface area contributed by atoms with E-state index in [4.69, 9.17) is 9.52 Å². The molecule has 112 valence electrons. The maximum absolute atomic E-state index is 12.3. The lowest BCUT2D eigenvalue weighted by Gasteiger charge is -2.15. The molecule has 21 heavy (non-hydrogen) atoms. The summed E-state index contributed by atoms with van der Waals surface area (Å²) in [5.41, 5.74) is 0.800. The summed E-state index contributed by atoms with van der Waals surface area (Å²) >= 11 is 3.30. The number of hydrogen-bond donors (Lipinski definition) is 1. The molecule has 0 saturated carbocycles. The van der Waals surface area contributed by atoms with Gasteiger partial charge in [0.2, 0.25) is 10.9 Å². The van der Waals surface area contributed by atoms with Gasteiger partial charge in [-0.2, -0.15) is 4.31 Å². The number of rotatable bonds is 5. The van der Waals surface area contributed by atoms with Gasteiger partial charge in [-0.1, -0.05) is 28.1 Å². The highest BCUT2D eigenvalue weighted by Gasteiger charge is 2.25. The molecule has 0 bridgehead atoms. The van der Waals surface area contributed by atoms with Gasteiger partial charge in [0, 0.05) is 18.1 Å². The van der Waals surface area contributed by atoms with Crippen LogP contribution in [-0.4, -0.2) is 30.8 Å². The highest BCUT2D eigenvalue weighted by Crippen LogP contribution is 2.20. The second-order valence-corrected chi connectivity index (χ2v) is 7.20. The van der Waals surface area contributed by atoms with Crippen molar-refractivity contribution in [1.29, 1.82) is 0 Å². The van der Waals surface area contributed by atoms with Crippen molar-refractivity contribution in [2.75, 3.05) is 7.05 Å². The SMILES string of the molecule is CN(Cc1ccc(Br)cc1)S(=O)(=O)c1ccc(C(=O)O)o1. The van der Waals surface area contributed by atoms with Crippen molar-refractivity contribution in [1.82, 2.24) is 4.31 Å². The van der Waals surface area contributed by atoms with Crippen LogP contribution in [0, 0.1) is 0 Å². The molecule has 2 rings (SSSR count). The number of furan rings is 1. The molecule has 1 N–H and O–H groups in total. The molecule has 6 nitrogen and oxygen atoms in total. The molecule has 0 aliphatic carbocycles. The van der Waals surface area contributed by atoms with Crippen molar-refractivity contribution < 1.29 is 22.7 Å². The van der Waals surface area contributed by atoms with Crippen molar-refractivity contribution in [3.8, 4) is 0 Å². The van der Waals surface area contributed by atoms with E-state index in [1.165, 1.54) is 7.05 Å². The maximum Gasteiger partial charge on any atom is 0.371 e. The first-order chi connectivity index (χ1) is 9.80. The van der Waals surface area contributed by atoms with Crippen LogP contribution in [0.25, 0.3) is 0 Å². The van der Waals surface area contributed by atoms with Crippen molar-refractivity contribution in [2.45, 2.75) is 11.6 Å². The molecule has 0 radical (unpaired) electrons. The lowest BCUT2D eigenvalue weighted by atomic mass is 10.2. The Hall–Kier alpha value is -1.64. The normalized spacial score (nSPS) is 11.8. The Kier molecular flexibility index (Phi) is 4.50. The standard InChI is InChI=1S/C13H12BrNO5S/c1-15(8-9-2-4-10(14)5-3-9)21(18,19)12-7-6-11(20-12)13(16)17/h2-7H,8H2,1H3,(H,16,17). The molecule has 0 unspecified atom stereocenters. The summed E-state index contributed by atoms with van der Waals surface area (Å²) in [7, 11) is -2.47. The summed E-state index contributed by atoms with van der Waals surface area (Å²) in [5, 5.41) is 8.37. The van der Waals surface area contributed by atoms with E-state index in [-0.39, 0.29) is 11.6 Å². The number of sulfonamides is 1. The third-order valence-corrected chi connectivity index (χ3v) is 4.98. The Morgan fingerprint density at radius 2 is 1.86 bits per heavy atom. The van der Waals surface area contributed by atoms with Gasteiger partial charge in [0.25, 0.3) is 10.0 Å². The van der Waals surface area contributed by atoms with Crippen molar-refractivity contribution in [2.24, 2.45) is 0 Å². The zero-order valence-electron chi connectivity index (χ0n) is 11.0. The number of nitrogens with zero attached hydrogens (tertiary/aromatic N) is 1. The summed E-state index contributed by atoms with van der Waals surface area (Å²) in [6.45, 7) is 0.152. The molecule has 0 saturated heterocycles. The lowest BCUT2D eigenvalue weighted by molar-refractivity contribution is 0.0656. The Balaban J connectivity index is 2.21. The fourth-order valence-corrected chi connectivity index (χ4v) is 2.98. The fraction of sp³-hybridized carbons (Fsp3) is 0.154. The van der Waals surface area contributed by atoms with E-state index in [1.807, 2.05) is 12.1 Å². The first-order valence-electron chi connectivity index (χ1n) is 5.84. The minimum atomic E-state index is -3.87. The Labute approximate surface area is 130 Å². The maximum atomic E-state index is 12.3. The van der Waals surface area contributed by atoms with E-state index >= 15 is 0 Å². The molecule has 0 spiro atoms. The minimum Gasteiger partial charge on any atom is -0.475 e. The van der Waals surface area contributed by atoms with E-state index in [0.717, 1.165) is 26.5 Å². The summed E-state index contributed by atoms with van der Waals surface area (Å²) < 4.78 is 31.4. The average Bonchev–Trinajstić information content (AvgIpc) is 2.91. The van der Waals surface area contributed by atoms with Crippen LogP contribution in [0.2, 0.25) is 0 Å². The molecule has 1 aromatic heterocycles. The zero-order chi connectivity index (χ0) is 15.6. The Morgan fingerprint density at radius 3 is 2.38 bits per heavy atom. The van der Waals surface area contributed by atoms with E-state index in [1.54, 1.807) is 12.1 Å². The number of hydrogen-bond acceptors (Lipinski definition) is 4. The fourth-order valence-electron chi connectivity index (χ4n) is 1.66. The largest absolute Gasteiger partial charge is 0.475 e. The van der Waals surface area contributed by atoms with E-state index in [0.29, 0.717) is 0 Å². The van der Waals surface area contributed by atoms with Gasteiger partial charge < -0.3 is 9.52 Å². The number of carboxylic acid groups (broad SMARTS) is 1. The number of halogens is 1. The van der Waals surface area contributed by atoms with Gasteiger partial charge in [-0.3, -0.25) is 0 Å². The number of benzene rings is 1. The molecule has 1 heterocycles. The Bertz CT molecular complexity index is 751. The first-order valence-corrected chi connectivity index (χ1v) is 8.08. The monoisotopic (exact) mass is 373 g/mol. The summed E-state index contributed by atoms with van der Waals surface area (Å²) in [4.78, 5) is 10.7. The van der Waals surface area contributed by atoms with Crippen LogP contribution in [0.15, 0.2) is 50.4 Å². The average molecular weight is 374 g/mol. The minimum absolute atomic E-state index is 0.152. The summed E-state index contributed by atoms with van der Waals surface area (Å²) in [6.07, 6.45) is 0. The predicted octanol–water partition coefficient (Wildman–Crippen LogP) is 2.56. The topological polar surface area (TPSA) is 87.8 Å². The third-order valence-electron chi connectivity index (χ3n) is 2.78.